The van der Waals surface area contributed by atoms with Crippen LogP contribution in [0.25, 0.3) is 0 Å². The molecule has 0 unspecified atom stereocenters. The molecule has 1 aliphatic rings. The number of carbonyl (C=O) groups is 2. The highest BCUT2D eigenvalue weighted by molar-refractivity contribution is 8.14. The normalized spacial score (nSPS) is 15.9. The number of thiol groups is 1. The molecule has 2 atom stereocenters. The first-order valence-electron chi connectivity index (χ1n) is 6.46. The SMILES string of the molecule is C1CCOC1.COC(=O)[C@@H](C)SC(C)=O.C[C@@H](S)CO. The van der Waals surface area contributed by atoms with Crippen LogP contribution < -0.4 is 0 Å². The van der Waals surface area contributed by atoms with Crippen molar-refractivity contribution < 1.29 is 24.2 Å². The molecule has 1 N–H and O–H groups in total. The third-order valence-electron chi connectivity index (χ3n) is 1.97. The summed E-state index contributed by atoms with van der Waals surface area (Å²) in [7, 11) is 1.31. The summed E-state index contributed by atoms with van der Waals surface area (Å²) in [5.74, 6) is -0.361. The van der Waals surface area contributed by atoms with Crippen molar-refractivity contribution in [2.75, 3.05) is 26.9 Å². The molecule has 0 saturated carbocycles. The Morgan fingerprint density at radius 2 is 1.80 bits per heavy atom. The molecule has 0 aliphatic carbocycles. The van der Waals surface area contributed by atoms with E-state index in [1.807, 2.05) is 6.92 Å². The highest BCUT2D eigenvalue weighted by Crippen LogP contribution is 2.11. The number of carbonyl (C=O) groups excluding carboxylic acids is 2. The number of hydrogen-bond acceptors (Lipinski definition) is 7. The van der Waals surface area contributed by atoms with E-state index in [1.54, 1.807) is 6.92 Å². The van der Waals surface area contributed by atoms with Gasteiger partial charge in [-0.1, -0.05) is 18.7 Å². The zero-order valence-corrected chi connectivity index (χ0v) is 14.3. The van der Waals surface area contributed by atoms with Crippen molar-refractivity contribution in [2.24, 2.45) is 0 Å². The monoisotopic (exact) mass is 326 g/mol. The summed E-state index contributed by atoms with van der Waals surface area (Å²) in [6.45, 7) is 7.06. The van der Waals surface area contributed by atoms with Gasteiger partial charge in [0.2, 0.25) is 0 Å². The number of rotatable bonds is 3. The molecule has 120 valence electrons. The average molecular weight is 326 g/mol. The summed E-state index contributed by atoms with van der Waals surface area (Å²) in [6, 6.07) is 0. The van der Waals surface area contributed by atoms with Gasteiger partial charge in [0.25, 0.3) is 0 Å². The van der Waals surface area contributed by atoms with Gasteiger partial charge >= 0.3 is 5.97 Å². The summed E-state index contributed by atoms with van der Waals surface area (Å²) in [6.07, 6.45) is 2.56. The second kappa shape index (κ2) is 15.2. The van der Waals surface area contributed by atoms with Crippen molar-refractivity contribution in [3.8, 4) is 0 Å². The Labute approximate surface area is 131 Å². The van der Waals surface area contributed by atoms with Crippen LogP contribution in [-0.4, -0.2) is 53.6 Å². The molecule has 0 spiro atoms. The Bertz CT molecular complexity index is 248. The Morgan fingerprint density at radius 3 is 2.00 bits per heavy atom. The molecule has 1 rings (SSSR count). The molecule has 0 aromatic rings. The quantitative estimate of drug-likeness (QED) is 0.610. The van der Waals surface area contributed by atoms with Crippen LogP contribution in [0, 0.1) is 0 Å². The number of methoxy groups -OCH3 is 1. The van der Waals surface area contributed by atoms with Crippen molar-refractivity contribution in [2.45, 2.75) is 44.1 Å². The molecule has 20 heavy (non-hydrogen) atoms. The number of ether oxygens (including phenoxy) is 2. The molecule has 0 aromatic carbocycles. The summed E-state index contributed by atoms with van der Waals surface area (Å²) in [4.78, 5) is 21.1. The van der Waals surface area contributed by atoms with Gasteiger partial charge in [-0.15, -0.1) is 0 Å². The molecule has 0 amide bonds. The van der Waals surface area contributed by atoms with E-state index in [9.17, 15) is 9.59 Å². The van der Waals surface area contributed by atoms with Gasteiger partial charge < -0.3 is 14.6 Å². The largest absolute Gasteiger partial charge is 0.468 e. The second-order valence-corrected chi connectivity index (χ2v) is 6.53. The summed E-state index contributed by atoms with van der Waals surface area (Å²) in [5.41, 5.74) is 0. The Morgan fingerprint density at radius 1 is 1.35 bits per heavy atom. The van der Waals surface area contributed by atoms with E-state index < -0.39 is 0 Å². The van der Waals surface area contributed by atoms with E-state index in [0.717, 1.165) is 25.0 Å². The maximum absolute atomic E-state index is 10.7. The fourth-order valence-electron chi connectivity index (χ4n) is 0.973. The first-order valence-corrected chi connectivity index (χ1v) is 7.86. The van der Waals surface area contributed by atoms with Crippen LogP contribution in [0.5, 0.6) is 0 Å². The van der Waals surface area contributed by atoms with Crippen LogP contribution in [0.1, 0.15) is 33.6 Å². The lowest BCUT2D eigenvalue weighted by Gasteiger charge is -2.04. The highest BCUT2D eigenvalue weighted by atomic mass is 32.2. The molecular formula is C13H26O5S2. The van der Waals surface area contributed by atoms with Crippen LogP contribution in [0.4, 0.5) is 0 Å². The Balaban J connectivity index is 0. The van der Waals surface area contributed by atoms with Gasteiger partial charge in [-0.25, -0.2) is 0 Å². The van der Waals surface area contributed by atoms with Crippen molar-refractivity contribution in [3.63, 3.8) is 0 Å². The maximum Gasteiger partial charge on any atom is 0.318 e. The minimum absolute atomic E-state index is 0.0714. The standard InChI is InChI=1S/C6H10O3S.C4H8O.C3H8OS/c1-4(6(8)9-3)10-5(2)7;1-2-4-5-3-1;1-3(5)2-4/h4H,1-3H3;1-4H2;3-5H,2H2,1H3/t4-;;3-/m1.1/s1. The van der Waals surface area contributed by atoms with Crippen LogP contribution in [0.15, 0.2) is 0 Å². The molecule has 1 aliphatic heterocycles. The number of esters is 1. The molecule has 0 aromatic heterocycles. The van der Waals surface area contributed by atoms with E-state index in [0.29, 0.717) is 0 Å². The third-order valence-corrected chi connectivity index (χ3v) is 3.01. The Hall–Kier alpha value is -0.240. The summed E-state index contributed by atoms with van der Waals surface area (Å²) in [5, 5.41) is 7.74. The summed E-state index contributed by atoms with van der Waals surface area (Å²) < 4.78 is 9.35. The van der Waals surface area contributed by atoms with Crippen molar-refractivity contribution in [3.05, 3.63) is 0 Å². The number of thioether (sulfide) groups is 1. The molecular weight excluding hydrogens is 300 g/mol. The zero-order valence-electron chi connectivity index (χ0n) is 12.6. The van der Waals surface area contributed by atoms with E-state index in [2.05, 4.69) is 17.4 Å². The minimum Gasteiger partial charge on any atom is -0.468 e. The van der Waals surface area contributed by atoms with Gasteiger partial charge in [0.15, 0.2) is 5.12 Å². The second-order valence-electron chi connectivity index (χ2n) is 4.13. The molecule has 1 saturated heterocycles. The van der Waals surface area contributed by atoms with Gasteiger partial charge in [-0.05, 0) is 19.8 Å². The van der Waals surface area contributed by atoms with Gasteiger partial charge in [0.1, 0.15) is 5.25 Å². The first kappa shape index (κ1) is 22.0. The average Bonchev–Trinajstić information content (AvgIpc) is 2.96. The number of aliphatic hydroxyl groups is 1. The molecule has 0 radical (unpaired) electrons. The van der Waals surface area contributed by atoms with Crippen LogP contribution >= 0.6 is 24.4 Å². The van der Waals surface area contributed by atoms with Gasteiger partial charge in [-0.3, -0.25) is 9.59 Å². The predicted octanol–water partition coefficient (Wildman–Crippen LogP) is 1.92. The molecule has 1 fully saturated rings. The van der Waals surface area contributed by atoms with E-state index in [-0.39, 0.29) is 28.2 Å². The third kappa shape index (κ3) is 17.8. The maximum atomic E-state index is 10.7. The Kier molecular flexibility index (Phi) is 16.7. The summed E-state index contributed by atoms with van der Waals surface area (Å²) >= 11 is 4.82. The van der Waals surface area contributed by atoms with Gasteiger partial charge in [0, 0.05) is 25.4 Å². The topological polar surface area (TPSA) is 72.8 Å². The van der Waals surface area contributed by atoms with Crippen molar-refractivity contribution >= 4 is 35.5 Å². The van der Waals surface area contributed by atoms with Gasteiger partial charge in [-0.2, -0.15) is 12.6 Å². The van der Waals surface area contributed by atoms with Crippen LogP contribution in [0.2, 0.25) is 0 Å². The minimum atomic E-state index is -0.387. The molecule has 1 heterocycles. The van der Waals surface area contributed by atoms with E-state index >= 15 is 0 Å². The smallest absolute Gasteiger partial charge is 0.318 e. The predicted molar refractivity (Wildman–Crippen MR) is 85.3 cm³/mol. The van der Waals surface area contributed by atoms with E-state index in [1.165, 1.54) is 26.9 Å². The fourth-order valence-corrected chi connectivity index (χ4v) is 1.66. The van der Waals surface area contributed by atoms with Crippen molar-refractivity contribution in [1.29, 1.82) is 0 Å². The zero-order chi connectivity index (χ0) is 16.0. The fraction of sp³-hybridized carbons (Fsp3) is 0.846. The number of aliphatic hydroxyl groups excluding tert-OH is 1. The molecule has 7 heteroatoms. The lowest BCUT2D eigenvalue weighted by Crippen LogP contribution is -2.15. The van der Waals surface area contributed by atoms with Gasteiger partial charge in [0.05, 0.1) is 13.7 Å². The first-order chi connectivity index (χ1) is 9.34. The van der Waals surface area contributed by atoms with Crippen molar-refractivity contribution in [1.82, 2.24) is 0 Å². The molecule has 0 bridgehead atoms. The highest BCUT2D eigenvalue weighted by Gasteiger charge is 2.14. The lowest BCUT2D eigenvalue weighted by molar-refractivity contribution is -0.139. The van der Waals surface area contributed by atoms with Crippen LogP contribution in [-0.2, 0) is 19.1 Å². The molecule has 5 nitrogen and oxygen atoms in total. The van der Waals surface area contributed by atoms with Crippen LogP contribution in [0.3, 0.4) is 0 Å². The number of hydrogen-bond donors (Lipinski definition) is 2. The van der Waals surface area contributed by atoms with E-state index in [4.69, 9.17) is 9.84 Å². The lowest BCUT2D eigenvalue weighted by atomic mass is 10.4.